The van der Waals surface area contributed by atoms with Gasteiger partial charge in [-0.05, 0) is 18.2 Å². The fraction of sp³-hybridized carbons (Fsp3) is 0.182. The molecule has 84 valence electrons. The van der Waals surface area contributed by atoms with Crippen molar-refractivity contribution >= 4 is 0 Å². The predicted octanol–water partition coefficient (Wildman–Crippen LogP) is 1.26. The van der Waals surface area contributed by atoms with Crippen LogP contribution in [0.4, 0.5) is 4.39 Å². The molecule has 16 heavy (non-hydrogen) atoms. The maximum Gasteiger partial charge on any atom is 0.146 e. The summed E-state index contributed by atoms with van der Waals surface area (Å²) in [6.07, 6.45) is 4.49. The fourth-order valence-electron chi connectivity index (χ4n) is 1.42. The Kier molecular flexibility index (Phi) is 3.16. The highest BCUT2D eigenvalue weighted by molar-refractivity contribution is 5.15. The van der Waals surface area contributed by atoms with E-state index in [9.17, 15) is 4.39 Å². The van der Waals surface area contributed by atoms with Gasteiger partial charge in [0.25, 0.3) is 0 Å². The summed E-state index contributed by atoms with van der Waals surface area (Å²) in [6.45, 7) is 0.287. The highest BCUT2D eigenvalue weighted by Gasteiger charge is 2.02. The molecule has 0 fully saturated rings. The first-order valence-corrected chi connectivity index (χ1v) is 4.90. The number of aromatic nitrogens is 2. The second-order valence-corrected chi connectivity index (χ2v) is 3.33. The number of pyridine rings is 1. The lowest BCUT2D eigenvalue weighted by Crippen LogP contribution is -2.16. The molecule has 0 aliphatic heterocycles. The van der Waals surface area contributed by atoms with E-state index in [0.717, 1.165) is 5.69 Å². The largest absolute Gasteiger partial charge is 0.390 e. The zero-order valence-corrected chi connectivity index (χ0v) is 8.60. The van der Waals surface area contributed by atoms with E-state index in [1.807, 2.05) is 6.07 Å². The third kappa shape index (κ3) is 2.20. The van der Waals surface area contributed by atoms with E-state index in [2.05, 4.69) is 10.4 Å². The van der Waals surface area contributed by atoms with E-state index in [1.165, 1.54) is 6.20 Å². The van der Waals surface area contributed by atoms with Crippen LogP contribution in [0.15, 0.2) is 36.8 Å². The first-order valence-electron chi connectivity index (χ1n) is 4.90. The molecule has 2 heterocycles. The van der Waals surface area contributed by atoms with Crippen molar-refractivity contribution < 1.29 is 9.50 Å². The minimum Gasteiger partial charge on any atom is -0.390 e. The monoisotopic (exact) mass is 221 g/mol. The van der Waals surface area contributed by atoms with Gasteiger partial charge < -0.3 is 10.5 Å². The van der Waals surface area contributed by atoms with Crippen LogP contribution in [0.2, 0.25) is 0 Å². The third-order valence-corrected chi connectivity index (χ3v) is 2.29. The van der Waals surface area contributed by atoms with Gasteiger partial charge in [-0.2, -0.15) is 0 Å². The average Bonchev–Trinajstić information content (AvgIpc) is 2.75. The van der Waals surface area contributed by atoms with E-state index in [-0.39, 0.29) is 12.4 Å². The van der Waals surface area contributed by atoms with Crippen LogP contribution in [-0.4, -0.2) is 14.8 Å². The molecule has 5 heteroatoms. The summed E-state index contributed by atoms with van der Waals surface area (Å²) < 4.78 is 14.9. The number of hydrogen-bond acceptors (Lipinski definition) is 3. The maximum absolute atomic E-state index is 13.2. The summed E-state index contributed by atoms with van der Waals surface area (Å²) >= 11 is 0. The lowest BCUT2D eigenvalue weighted by molar-refractivity contribution is 0.273. The fourth-order valence-corrected chi connectivity index (χ4v) is 1.42. The van der Waals surface area contributed by atoms with Crippen LogP contribution < -0.4 is 5.43 Å². The van der Waals surface area contributed by atoms with E-state index >= 15 is 0 Å². The van der Waals surface area contributed by atoms with Gasteiger partial charge in [-0.3, -0.25) is 9.66 Å². The van der Waals surface area contributed by atoms with Gasteiger partial charge in [0.15, 0.2) is 0 Å². The second-order valence-electron chi connectivity index (χ2n) is 3.33. The van der Waals surface area contributed by atoms with Gasteiger partial charge in [0.1, 0.15) is 5.82 Å². The predicted molar refractivity (Wildman–Crippen MR) is 57.6 cm³/mol. The van der Waals surface area contributed by atoms with E-state index in [4.69, 9.17) is 5.11 Å². The minimum atomic E-state index is -0.340. The van der Waals surface area contributed by atoms with Crippen LogP contribution in [-0.2, 0) is 13.2 Å². The smallest absolute Gasteiger partial charge is 0.146 e. The molecule has 4 nitrogen and oxygen atoms in total. The van der Waals surface area contributed by atoms with Crippen molar-refractivity contribution in [2.75, 3.05) is 5.43 Å². The van der Waals surface area contributed by atoms with Gasteiger partial charge >= 0.3 is 0 Å². The molecule has 0 aliphatic rings. The second kappa shape index (κ2) is 4.76. The van der Waals surface area contributed by atoms with Gasteiger partial charge in [0, 0.05) is 18.0 Å². The number of aliphatic hydroxyl groups excluding tert-OH is 1. The average molecular weight is 221 g/mol. The van der Waals surface area contributed by atoms with Crippen LogP contribution in [0.1, 0.15) is 11.3 Å². The number of hydrogen-bond donors (Lipinski definition) is 2. The molecular weight excluding hydrogens is 209 g/mol. The van der Waals surface area contributed by atoms with Crippen molar-refractivity contribution in [3.05, 3.63) is 53.9 Å². The molecule has 0 saturated heterocycles. The molecule has 2 aromatic rings. The Morgan fingerprint density at radius 1 is 1.44 bits per heavy atom. The summed E-state index contributed by atoms with van der Waals surface area (Å²) in [4.78, 5) is 3.67. The molecule has 2 N–H and O–H groups in total. The Morgan fingerprint density at radius 2 is 2.31 bits per heavy atom. The quantitative estimate of drug-likeness (QED) is 0.817. The molecule has 0 unspecified atom stereocenters. The normalized spacial score (nSPS) is 10.4. The third-order valence-electron chi connectivity index (χ3n) is 2.29. The zero-order chi connectivity index (χ0) is 11.4. The summed E-state index contributed by atoms with van der Waals surface area (Å²) in [5.41, 5.74) is 4.26. The first-order chi connectivity index (χ1) is 7.81. The van der Waals surface area contributed by atoms with E-state index in [0.29, 0.717) is 12.1 Å². The molecule has 0 aromatic carbocycles. The Bertz CT molecular complexity index is 470. The lowest BCUT2D eigenvalue weighted by atomic mass is 10.2. The molecule has 2 aromatic heterocycles. The molecule has 0 atom stereocenters. The highest BCUT2D eigenvalue weighted by atomic mass is 19.1. The number of halogens is 1. The Hall–Kier alpha value is -1.88. The first kappa shape index (κ1) is 10.6. The van der Waals surface area contributed by atoms with Crippen molar-refractivity contribution in [2.45, 2.75) is 13.2 Å². The van der Waals surface area contributed by atoms with Crippen LogP contribution >= 0.6 is 0 Å². The summed E-state index contributed by atoms with van der Waals surface area (Å²) in [5.74, 6) is -0.340. The molecule has 0 aliphatic carbocycles. The lowest BCUT2D eigenvalue weighted by Gasteiger charge is -2.11. The molecule has 0 radical (unpaired) electrons. The van der Waals surface area contributed by atoms with E-state index < -0.39 is 0 Å². The van der Waals surface area contributed by atoms with E-state index in [1.54, 1.807) is 29.2 Å². The van der Waals surface area contributed by atoms with Gasteiger partial charge in [0.05, 0.1) is 25.0 Å². The van der Waals surface area contributed by atoms with Crippen molar-refractivity contribution in [2.24, 2.45) is 0 Å². The molecule has 0 saturated carbocycles. The van der Waals surface area contributed by atoms with Gasteiger partial charge in [-0.15, -0.1) is 0 Å². The van der Waals surface area contributed by atoms with Crippen molar-refractivity contribution in [1.82, 2.24) is 9.66 Å². The molecule has 0 amide bonds. The Labute approximate surface area is 92.3 Å². The number of aliphatic hydroxyl groups is 1. The maximum atomic E-state index is 13.2. The van der Waals surface area contributed by atoms with Gasteiger partial charge in [-0.1, -0.05) is 0 Å². The number of rotatable bonds is 4. The zero-order valence-electron chi connectivity index (χ0n) is 8.60. The minimum absolute atomic E-state index is 0.0567. The van der Waals surface area contributed by atoms with Crippen molar-refractivity contribution in [3.8, 4) is 0 Å². The molecule has 2 rings (SSSR count). The van der Waals surface area contributed by atoms with Crippen molar-refractivity contribution in [1.29, 1.82) is 0 Å². The molecule has 0 bridgehead atoms. The van der Waals surface area contributed by atoms with Crippen LogP contribution in [0, 0.1) is 5.82 Å². The van der Waals surface area contributed by atoms with Crippen molar-refractivity contribution in [3.63, 3.8) is 0 Å². The Morgan fingerprint density at radius 3 is 3.06 bits per heavy atom. The summed E-state index contributed by atoms with van der Waals surface area (Å²) in [5, 5.41) is 9.01. The summed E-state index contributed by atoms with van der Waals surface area (Å²) in [7, 11) is 0. The van der Waals surface area contributed by atoms with Gasteiger partial charge in [0.2, 0.25) is 0 Å². The van der Waals surface area contributed by atoms with Crippen LogP contribution in [0.5, 0.6) is 0 Å². The van der Waals surface area contributed by atoms with Crippen LogP contribution in [0.25, 0.3) is 0 Å². The van der Waals surface area contributed by atoms with Crippen LogP contribution in [0.3, 0.4) is 0 Å². The standard InChI is InChI=1S/C11H12FN3O/c12-11-7-13-4-3-9(11)6-14-15-5-1-2-10(15)8-16/h1-5,7,14,16H,6,8H2. The molecule has 0 spiro atoms. The SMILES string of the molecule is OCc1cccn1NCc1ccncc1F. The number of nitrogens with one attached hydrogen (secondary N) is 1. The topological polar surface area (TPSA) is 50.1 Å². The van der Waals surface area contributed by atoms with Gasteiger partial charge in [-0.25, -0.2) is 4.39 Å². The molecular formula is C11H12FN3O. The Balaban J connectivity index is 2.05. The number of nitrogens with zero attached hydrogens (tertiary/aromatic N) is 2. The summed E-state index contributed by atoms with van der Waals surface area (Å²) in [6, 6.07) is 5.21. The highest BCUT2D eigenvalue weighted by Crippen LogP contribution is 2.05.